The van der Waals surface area contributed by atoms with Crippen molar-refractivity contribution in [2.45, 2.75) is 26.7 Å². The summed E-state index contributed by atoms with van der Waals surface area (Å²) in [5.41, 5.74) is -0.648. The van der Waals surface area contributed by atoms with E-state index in [2.05, 4.69) is 0 Å². The highest BCUT2D eigenvalue weighted by Crippen LogP contribution is 2.22. The summed E-state index contributed by atoms with van der Waals surface area (Å²) in [4.78, 5) is 10.7. The fraction of sp³-hybridized carbons (Fsp3) is 0.900. The Hall–Kier alpha value is -0.610. The van der Waals surface area contributed by atoms with Crippen molar-refractivity contribution in [3.05, 3.63) is 0 Å². The van der Waals surface area contributed by atoms with E-state index in [-0.39, 0.29) is 0 Å². The fourth-order valence-corrected chi connectivity index (χ4v) is 0.967. The van der Waals surface area contributed by atoms with Crippen LogP contribution in [0.25, 0.3) is 0 Å². The Balaban J connectivity index is 3.40. The number of carboxylic acids is 1. The van der Waals surface area contributed by atoms with Crippen LogP contribution in [0.3, 0.4) is 0 Å². The first-order valence-corrected chi connectivity index (χ1v) is 4.81. The second-order valence-electron chi connectivity index (χ2n) is 3.90. The van der Waals surface area contributed by atoms with Crippen molar-refractivity contribution >= 4 is 5.97 Å². The van der Waals surface area contributed by atoms with E-state index in [4.69, 9.17) is 14.6 Å². The first kappa shape index (κ1) is 13.4. The van der Waals surface area contributed by atoms with Gasteiger partial charge in [0.15, 0.2) is 0 Å². The highest BCUT2D eigenvalue weighted by molar-refractivity contribution is 5.73. The summed E-state index contributed by atoms with van der Waals surface area (Å²) >= 11 is 0. The van der Waals surface area contributed by atoms with Gasteiger partial charge in [0, 0.05) is 13.7 Å². The third-order valence-electron chi connectivity index (χ3n) is 2.10. The van der Waals surface area contributed by atoms with E-state index in [1.165, 1.54) is 0 Å². The average Bonchev–Trinajstić information content (AvgIpc) is 2.10. The first-order chi connectivity index (χ1) is 6.50. The third-order valence-corrected chi connectivity index (χ3v) is 2.10. The van der Waals surface area contributed by atoms with Crippen LogP contribution in [-0.2, 0) is 14.3 Å². The minimum Gasteiger partial charge on any atom is -0.481 e. The lowest BCUT2D eigenvalue weighted by Gasteiger charge is -2.18. The Morgan fingerprint density at radius 3 is 2.43 bits per heavy atom. The molecule has 0 spiro atoms. The van der Waals surface area contributed by atoms with Crippen LogP contribution in [0.5, 0.6) is 0 Å². The molecule has 0 aliphatic heterocycles. The molecule has 1 N–H and O–H groups in total. The molecule has 4 heteroatoms. The van der Waals surface area contributed by atoms with Crippen LogP contribution in [0.4, 0.5) is 0 Å². The molecule has 4 nitrogen and oxygen atoms in total. The summed E-state index contributed by atoms with van der Waals surface area (Å²) in [6.07, 6.45) is 1.40. The van der Waals surface area contributed by atoms with Gasteiger partial charge in [0.2, 0.25) is 0 Å². The molecule has 0 aromatic carbocycles. The molecular weight excluding hydrogens is 184 g/mol. The van der Waals surface area contributed by atoms with E-state index in [0.717, 1.165) is 6.42 Å². The summed E-state index contributed by atoms with van der Waals surface area (Å²) in [5, 5.41) is 8.82. The van der Waals surface area contributed by atoms with Crippen molar-refractivity contribution in [1.29, 1.82) is 0 Å². The maximum atomic E-state index is 10.7. The Kier molecular flexibility index (Phi) is 6.49. The standard InChI is InChI=1S/C10H20O4/c1-10(2,9(11)12)5-4-6-14-8-7-13-3/h4-8H2,1-3H3,(H,11,12). The topological polar surface area (TPSA) is 55.8 Å². The van der Waals surface area contributed by atoms with Crippen molar-refractivity contribution in [2.24, 2.45) is 5.41 Å². The van der Waals surface area contributed by atoms with Crippen molar-refractivity contribution in [3.63, 3.8) is 0 Å². The van der Waals surface area contributed by atoms with Crippen molar-refractivity contribution in [2.75, 3.05) is 26.9 Å². The molecule has 0 rings (SSSR count). The average molecular weight is 204 g/mol. The lowest BCUT2D eigenvalue weighted by Crippen LogP contribution is -2.24. The van der Waals surface area contributed by atoms with E-state index < -0.39 is 11.4 Å². The Morgan fingerprint density at radius 1 is 1.29 bits per heavy atom. The first-order valence-electron chi connectivity index (χ1n) is 4.81. The zero-order valence-corrected chi connectivity index (χ0v) is 9.21. The van der Waals surface area contributed by atoms with Gasteiger partial charge in [-0.2, -0.15) is 0 Å². The van der Waals surface area contributed by atoms with Gasteiger partial charge >= 0.3 is 5.97 Å². The molecule has 14 heavy (non-hydrogen) atoms. The molecule has 0 saturated heterocycles. The quantitative estimate of drug-likeness (QED) is 0.609. The summed E-state index contributed by atoms with van der Waals surface area (Å²) in [5.74, 6) is -0.755. The Bertz CT molecular complexity index is 166. The second kappa shape index (κ2) is 6.79. The second-order valence-corrected chi connectivity index (χ2v) is 3.90. The van der Waals surface area contributed by atoms with Gasteiger partial charge in [-0.3, -0.25) is 4.79 Å². The van der Waals surface area contributed by atoms with Crippen LogP contribution in [0.2, 0.25) is 0 Å². The molecule has 0 heterocycles. The van der Waals surface area contributed by atoms with Crippen LogP contribution in [0.1, 0.15) is 26.7 Å². The highest BCUT2D eigenvalue weighted by Gasteiger charge is 2.25. The van der Waals surface area contributed by atoms with Gasteiger partial charge in [-0.25, -0.2) is 0 Å². The fourth-order valence-electron chi connectivity index (χ4n) is 0.967. The van der Waals surface area contributed by atoms with E-state index in [1.54, 1.807) is 21.0 Å². The number of hydrogen-bond donors (Lipinski definition) is 1. The van der Waals surface area contributed by atoms with Crippen molar-refractivity contribution < 1.29 is 19.4 Å². The van der Waals surface area contributed by atoms with Gasteiger partial charge < -0.3 is 14.6 Å². The molecule has 0 amide bonds. The summed E-state index contributed by atoms with van der Waals surface area (Å²) in [6, 6.07) is 0. The van der Waals surface area contributed by atoms with E-state index in [1.807, 2.05) is 0 Å². The van der Waals surface area contributed by atoms with Crippen molar-refractivity contribution in [1.82, 2.24) is 0 Å². The van der Waals surface area contributed by atoms with Gasteiger partial charge in [0.25, 0.3) is 0 Å². The van der Waals surface area contributed by atoms with Crippen LogP contribution in [0.15, 0.2) is 0 Å². The third kappa shape index (κ3) is 5.94. The van der Waals surface area contributed by atoms with Gasteiger partial charge in [0.1, 0.15) is 0 Å². The minimum atomic E-state index is -0.755. The SMILES string of the molecule is COCCOCCCC(C)(C)C(=O)O. The predicted octanol–water partition coefficient (Wildman–Crippen LogP) is 1.54. The maximum Gasteiger partial charge on any atom is 0.309 e. The smallest absolute Gasteiger partial charge is 0.309 e. The summed E-state index contributed by atoms with van der Waals surface area (Å²) in [6.45, 7) is 5.21. The van der Waals surface area contributed by atoms with Gasteiger partial charge in [-0.15, -0.1) is 0 Å². The summed E-state index contributed by atoms with van der Waals surface area (Å²) < 4.78 is 10.0. The number of aliphatic carboxylic acids is 1. The molecule has 0 saturated carbocycles. The van der Waals surface area contributed by atoms with E-state index in [9.17, 15) is 4.79 Å². The number of hydrogen-bond acceptors (Lipinski definition) is 3. The highest BCUT2D eigenvalue weighted by atomic mass is 16.5. The predicted molar refractivity (Wildman–Crippen MR) is 53.3 cm³/mol. The molecule has 0 aliphatic carbocycles. The Morgan fingerprint density at radius 2 is 1.93 bits per heavy atom. The number of carbonyl (C=O) groups is 1. The van der Waals surface area contributed by atoms with Gasteiger partial charge in [0.05, 0.1) is 18.6 Å². The molecule has 0 aliphatic rings. The molecular formula is C10H20O4. The largest absolute Gasteiger partial charge is 0.481 e. The zero-order chi connectivity index (χ0) is 11.0. The number of carboxylic acid groups (broad SMARTS) is 1. The van der Waals surface area contributed by atoms with Gasteiger partial charge in [-0.1, -0.05) is 0 Å². The van der Waals surface area contributed by atoms with Gasteiger partial charge in [-0.05, 0) is 26.7 Å². The molecule has 84 valence electrons. The molecule has 0 radical (unpaired) electrons. The van der Waals surface area contributed by atoms with Crippen molar-refractivity contribution in [3.8, 4) is 0 Å². The van der Waals surface area contributed by atoms with Crippen LogP contribution >= 0.6 is 0 Å². The molecule has 0 aromatic rings. The molecule has 0 atom stereocenters. The number of rotatable bonds is 8. The molecule has 0 fully saturated rings. The molecule has 0 aromatic heterocycles. The monoisotopic (exact) mass is 204 g/mol. The molecule has 0 bridgehead atoms. The maximum absolute atomic E-state index is 10.7. The van der Waals surface area contributed by atoms with Crippen LogP contribution < -0.4 is 0 Å². The molecule has 0 unspecified atom stereocenters. The normalized spacial score (nSPS) is 11.6. The van der Waals surface area contributed by atoms with Crippen LogP contribution in [-0.4, -0.2) is 38.0 Å². The lowest BCUT2D eigenvalue weighted by atomic mass is 9.88. The minimum absolute atomic E-state index is 0.573. The number of ether oxygens (including phenoxy) is 2. The van der Waals surface area contributed by atoms with E-state index >= 15 is 0 Å². The Labute approximate surface area is 85.2 Å². The lowest BCUT2D eigenvalue weighted by molar-refractivity contribution is -0.147. The van der Waals surface area contributed by atoms with Crippen LogP contribution in [0, 0.1) is 5.41 Å². The van der Waals surface area contributed by atoms with E-state index in [0.29, 0.717) is 26.2 Å². The summed E-state index contributed by atoms with van der Waals surface area (Å²) in [7, 11) is 1.62. The zero-order valence-electron chi connectivity index (χ0n) is 9.21. The number of methoxy groups -OCH3 is 1.